The molecule has 0 atom stereocenters. The molecule has 0 unspecified atom stereocenters. The molecule has 0 aliphatic heterocycles. The van der Waals surface area contributed by atoms with E-state index >= 15 is 0 Å². The molecule has 0 spiro atoms. The van der Waals surface area contributed by atoms with Crippen molar-refractivity contribution in [2.75, 3.05) is 0 Å². The summed E-state index contributed by atoms with van der Waals surface area (Å²) in [5.74, 6) is 0.397. The van der Waals surface area contributed by atoms with Gasteiger partial charge in [0.1, 0.15) is 17.9 Å². The number of hydrogen-bond acceptors (Lipinski definition) is 2. The van der Waals surface area contributed by atoms with E-state index in [1.807, 2.05) is 6.07 Å². The summed E-state index contributed by atoms with van der Waals surface area (Å²) in [7, 11) is 0. The Bertz CT molecular complexity index is 827. The standard InChI is InChI=1S/C19H21FN2O.ClH/c1-4-11-22-14(3)13(2)17-9-10-21-19(18(17)22)23-12-15-5-7-16(20)8-6-15;/h5-10H,4,11-12H2,1-3H3;1H. The number of aromatic nitrogens is 2. The third-order valence-electron chi connectivity index (χ3n) is 4.25. The summed E-state index contributed by atoms with van der Waals surface area (Å²) in [6, 6.07) is 8.39. The van der Waals surface area contributed by atoms with Gasteiger partial charge in [0, 0.05) is 23.8 Å². The Hall–Kier alpha value is -2.07. The Kier molecular flexibility index (Phi) is 5.84. The number of ether oxygens (including phenoxy) is 1. The summed E-state index contributed by atoms with van der Waals surface area (Å²) in [5, 5.41) is 1.18. The molecule has 24 heavy (non-hydrogen) atoms. The van der Waals surface area contributed by atoms with E-state index in [9.17, 15) is 4.39 Å². The number of fused-ring (bicyclic) bond motifs is 1. The lowest BCUT2D eigenvalue weighted by Crippen LogP contribution is -2.03. The van der Waals surface area contributed by atoms with E-state index in [0.29, 0.717) is 12.5 Å². The summed E-state index contributed by atoms with van der Waals surface area (Å²) < 4.78 is 21.2. The zero-order valence-corrected chi connectivity index (χ0v) is 15.0. The van der Waals surface area contributed by atoms with Crippen molar-refractivity contribution in [1.29, 1.82) is 0 Å². The molecule has 0 amide bonds. The molecule has 2 heterocycles. The molecular weight excluding hydrogens is 327 g/mol. The fraction of sp³-hybridized carbons (Fsp3) is 0.316. The van der Waals surface area contributed by atoms with Gasteiger partial charge in [0.15, 0.2) is 0 Å². The summed E-state index contributed by atoms with van der Waals surface area (Å²) in [5.41, 5.74) is 4.49. The lowest BCUT2D eigenvalue weighted by atomic mass is 10.2. The van der Waals surface area contributed by atoms with E-state index in [2.05, 4.69) is 30.3 Å². The van der Waals surface area contributed by atoms with Gasteiger partial charge in [-0.15, -0.1) is 12.4 Å². The first-order chi connectivity index (χ1) is 11.1. The molecule has 1 aromatic carbocycles. The van der Waals surface area contributed by atoms with E-state index in [0.717, 1.165) is 24.0 Å². The van der Waals surface area contributed by atoms with Crippen LogP contribution in [0, 0.1) is 19.7 Å². The van der Waals surface area contributed by atoms with Crippen LogP contribution in [-0.4, -0.2) is 9.55 Å². The van der Waals surface area contributed by atoms with Gasteiger partial charge in [-0.05, 0) is 49.6 Å². The highest BCUT2D eigenvalue weighted by molar-refractivity contribution is 5.88. The molecule has 2 aromatic heterocycles. The minimum atomic E-state index is -0.239. The highest BCUT2D eigenvalue weighted by Gasteiger charge is 2.15. The molecule has 3 nitrogen and oxygen atoms in total. The Balaban J connectivity index is 0.00000208. The van der Waals surface area contributed by atoms with Crippen LogP contribution in [-0.2, 0) is 13.2 Å². The van der Waals surface area contributed by atoms with Gasteiger partial charge in [0.05, 0.1) is 0 Å². The van der Waals surface area contributed by atoms with Crippen LogP contribution in [0.1, 0.15) is 30.2 Å². The van der Waals surface area contributed by atoms with Crippen LogP contribution >= 0.6 is 12.4 Å². The van der Waals surface area contributed by atoms with Gasteiger partial charge in [-0.2, -0.15) is 0 Å². The molecule has 0 aliphatic rings. The third-order valence-corrected chi connectivity index (χ3v) is 4.25. The molecule has 5 heteroatoms. The van der Waals surface area contributed by atoms with Crippen LogP contribution in [0.5, 0.6) is 5.88 Å². The number of pyridine rings is 1. The monoisotopic (exact) mass is 348 g/mol. The second-order valence-electron chi connectivity index (χ2n) is 5.79. The van der Waals surface area contributed by atoms with Crippen molar-refractivity contribution in [3.63, 3.8) is 0 Å². The van der Waals surface area contributed by atoms with E-state index in [1.165, 1.54) is 28.8 Å². The number of rotatable bonds is 5. The van der Waals surface area contributed by atoms with Crippen molar-refractivity contribution in [3.05, 3.63) is 59.2 Å². The van der Waals surface area contributed by atoms with Gasteiger partial charge in [-0.25, -0.2) is 9.37 Å². The van der Waals surface area contributed by atoms with E-state index in [4.69, 9.17) is 4.74 Å². The molecule has 0 saturated carbocycles. The average molecular weight is 349 g/mol. The maximum absolute atomic E-state index is 13.0. The largest absolute Gasteiger partial charge is 0.471 e. The second-order valence-corrected chi connectivity index (χ2v) is 5.79. The van der Waals surface area contributed by atoms with Crippen LogP contribution in [0.15, 0.2) is 36.5 Å². The van der Waals surface area contributed by atoms with Crippen LogP contribution in [0.4, 0.5) is 4.39 Å². The first-order valence-corrected chi connectivity index (χ1v) is 7.93. The minimum absolute atomic E-state index is 0. The molecule has 0 radical (unpaired) electrons. The average Bonchev–Trinajstić information content (AvgIpc) is 2.80. The number of halogens is 2. The zero-order valence-electron chi connectivity index (χ0n) is 14.2. The van der Waals surface area contributed by atoms with Crippen LogP contribution in [0.3, 0.4) is 0 Å². The predicted octanol–water partition coefficient (Wildman–Crippen LogP) is 5.20. The van der Waals surface area contributed by atoms with E-state index in [1.54, 1.807) is 18.3 Å². The molecule has 0 N–H and O–H groups in total. The fourth-order valence-corrected chi connectivity index (χ4v) is 2.90. The normalized spacial score (nSPS) is 10.7. The smallest absolute Gasteiger partial charge is 0.238 e. The van der Waals surface area contributed by atoms with Crippen LogP contribution in [0.25, 0.3) is 10.9 Å². The maximum Gasteiger partial charge on any atom is 0.238 e. The van der Waals surface area contributed by atoms with Crippen molar-refractivity contribution in [3.8, 4) is 5.88 Å². The number of benzene rings is 1. The van der Waals surface area contributed by atoms with E-state index in [-0.39, 0.29) is 18.2 Å². The van der Waals surface area contributed by atoms with Crippen molar-refractivity contribution < 1.29 is 9.13 Å². The van der Waals surface area contributed by atoms with Crippen molar-refractivity contribution in [1.82, 2.24) is 9.55 Å². The van der Waals surface area contributed by atoms with Crippen LogP contribution < -0.4 is 4.74 Å². The molecular formula is C19H22ClFN2O. The molecule has 128 valence electrons. The summed E-state index contributed by atoms with van der Waals surface area (Å²) in [6.45, 7) is 7.74. The van der Waals surface area contributed by atoms with Crippen molar-refractivity contribution in [2.45, 2.75) is 40.3 Å². The SMILES string of the molecule is CCCn1c(C)c(C)c2ccnc(OCc3ccc(F)cc3)c21.Cl. The lowest BCUT2D eigenvalue weighted by molar-refractivity contribution is 0.296. The number of hydrogen-bond donors (Lipinski definition) is 0. The highest BCUT2D eigenvalue weighted by Crippen LogP contribution is 2.31. The lowest BCUT2D eigenvalue weighted by Gasteiger charge is -2.11. The van der Waals surface area contributed by atoms with E-state index < -0.39 is 0 Å². The third kappa shape index (κ3) is 3.39. The van der Waals surface area contributed by atoms with Crippen LogP contribution in [0.2, 0.25) is 0 Å². The Morgan fingerprint density at radius 1 is 1.12 bits per heavy atom. The Morgan fingerprint density at radius 2 is 1.83 bits per heavy atom. The molecule has 3 rings (SSSR count). The van der Waals surface area contributed by atoms with Gasteiger partial charge >= 0.3 is 0 Å². The maximum atomic E-state index is 13.0. The number of nitrogens with zero attached hydrogens (tertiary/aromatic N) is 2. The van der Waals surface area contributed by atoms with Gasteiger partial charge in [-0.1, -0.05) is 19.1 Å². The minimum Gasteiger partial charge on any atom is -0.471 e. The van der Waals surface area contributed by atoms with Gasteiger partial charge in [-0.3, -0.25) is 0 Å². The fourth-order valence-electron chi connectivity index (χ4n) is 2.90. The van der Waals surface area contributed by atoms with Gasteiger partial charge in [0.2, 0.25) is 5.88 Å². The molecule has 3 aromatic rings. The summed E-state index contributed by atoms with van der Waals surface area (Å²) >= 11 is 0. The van der Waals surface area contributed by atoms with Gasteiger partial charge in [0.25, 0.3) is 0 Å². The highest BCUT2D eigenvalue weighted by atomic mass is 35.5. The predicted molar refractivity (Wildman–Crippen MR) is 97.5 cm³/mol. The number of aryl methyl sites for hydroxylation is 2. The molecule has 0 aliphatic carbocycles. The first kappa shape index (κ1) is 18.3. The summed E-state index contributed by atoms with van der Waals surface area (Å²) in [6.07, 6.45) is 2.83. The molecule has 0 saturated heterocycles. The first-order valence-electron chi connectivity index (χ1n) is 7.93. The van der Waals surface area contributed by atoms with Gasteiger partial charge < -0.3 is 9.30 Å². The van der Waals surface area contributed by atoms with Crippen molar-refractivity contribution in [2.24, 2.45) is 0 Å². The van der Waals surface area contributed by atoms with Crippen molar-refractivity contribution >= 4 is 23.3 Å². The summed E-state index contributed by atoms with van der Waals surface area (Å²) in [4.78, 5) is 4.42. The quantitative estimate of drug-likeness (QED) is 0.633. The molecule has 0 bridgehead atoms. The molecule has 0 fully saturated rings. The zero-order chi connectivity index (χ0) is 16.4. The Morgan fingerprint density at radius 3 is 2.50 bits per heavy atom. The topological polar surface area (TPSA) is 27.1 Å². The second kappa shape index (κ2) is 7.67. The Labute approximate surface area is 147 Å².